The van der Waals surface area contributed by atoms with E-state index in [9.17, 15) is 0 Å². The lowest BCUT2D eigenvalue weighted by Gasteiger charge is -2.27. The van der Waals surface area contributed by atoms with Crippen molar-refractivity contribution in [1.82, 2.24) is 5.06 Å². The Morgan fingerprint density at radius 2 is 1.92 bits per heavy atom. The number of hydrogen-bond donors (Lipinski definition) is 0. The lowest BCUT2D eigenvalue weighted by molar-refractivity contribution is -0.0454. The summed E-state index contributed by atoms with van der Waals surface area (Å²) in [6, 6.07) is 0. The Kier molecular flexibility index (Phi) is 3.55. The molecule has 1 fully saturated rings. The van der Waals surface area contributed by atoms with Crippen molar-refractivity contribution < 1.29 is 4.53 Å². The first-order valence-corrected chi connectivity index (χ1v) is 7.53. The van der Waals surface area contributed by atoms with E-state index >= 15 is 0 Å². The Balaban J connectivity index is 2.36. The molecule has 0 aromatic carbocycles. The van der Waals surface area contributed by atoms with Crippen LogP contribution >= 0.6 is 0 Å². The topological polar surface area (TPSA) is 12.5 Å². The van der Waals surface area contributed by atoms with Crippen LogP contribution in [0, 0.1) is 11.3 Å². The number of rotatable bonds is 2. The molecule has 1 aliphatic rings. The van der Waals surface area contributed by atoms with Gasteiger partial charge in [-0.2, -0.15) is 0 Å². The zero-order valence-electron chi connectivity index (χ0n) is 9.55. The molecule has 0 bridgehead atoms. The van der Waals surface area contributed by atoms with E-state index in [1.807, 2.05) is 0 Å². The van der Waals surface area contributed by atoms with Crippen LogP contribution in [-0.4, -0.2) is 27.2 Å². The molecule has 0 spiro atoms. The standard InChI is InChI=1S/C10H22NOSi/c1-10(2,3)9-6-7-11(8-9)12-13(4)5/h9H,6-8H2,1-5H3. The van der Waals surface area contributed by atoms with Crippen LogP contribution in [0.5, 0.6) is 0 Å². The second-order valence-corrected chi connectivity index (χ2v) is 7.24. The summed E-state index contributed by atoms with van der Waals surface area (Å²) in [4.78, 5) is 0. The van der Waals surface area contributed by atoms with Gasteiger partial charge in [0.25, 0.3) is 0 Å². The third-order valence-electron chi connectivity index (χ3n) is 2.69. The van der Waals surface area contributed by atoms with Crippen LogP contribution in [0.1, 0.15) is 27.2 Å². The van der Waals surface area contributed by atoms with E-state index < -0.39 is 9.04 Å². The SMILES string of the molecule is C[Si](C)ON1CCC(C(C)(C)C)C1. The van der Waals surface area contributed by atoms with Gasteiger partial charge < -0.3 is 4.53 Å². The summed E-state index contributed by atoms with van der Waals surface area (Å²) < 4.78 is 5.77. The van der Waals surface area contributed by atoms with Crippen molar-refractivity contribution in [3.8, 4) is 0 Å². The Morgan fingerprint density at radius 3 is 2.31 bits per heavy atom. The highest BCUT2D eigenvalue weighted by Gasteiger charge is 2.32. The first-order chi connectivity index (χ1) is 5.89. The first-order valence-electron chi connectivity index (χ1n) is 5.12. The van der Waals surface area contributed by atoms with Crippen LogP contribution in [0.15, 0.2) is 0 Å². The van der Waals surface area contributed by atoms with E-state index in [-0.39, 0.29) is 0 Å². The fourth-order valence-electron chi connectivity index (χ4n) is 1.78. The largest absolute Gasteiger partial charge is 0.344 e. The highest BCUT2D eigenvalue weighted by atomic mass is 28.3. The van der Waals surface area contributed by atoms with Gasteiger partial charge in [-0.15, -0.1) is 0 Å². The number of nitrogens with zero attached hydrogens (tertiary/aromatic N) is 1. The monoisotopic (exact) mass is 200 g/mol. The van der Waals surface area contributed by atoms with Crippen LogP contribution in [0.25, 0.3) is 0 Å². The predicted octanol–water partition coefficient (Wildman–Crippen LogP) is 2.54. The van der Waals surface area contributed by atoms with Gasteiger partial charge in [0.1, 0.15) is 0 Å². The Labute approximate surface area is 83.9 Å². The normalized spacial score (nSPS) is 25.8. The van der Waals surface area contributed by atoms with E-state index in [0.717, 1.165) is 19.0 Å². The van der Waals surface area contributed by atoms with Crippen LogP contribution in [0.4, 0.5) is 0 Å². The minimum Gasteiger partial charge on any atom is -0.344 e. The molecular formula is C10H22NOSi. The highest BCUT2D eigenvalue weighted by Crippen LogP contribution is 2.33. The van der Waals surface area contributed by atoms with Crippen LogP contribution < -0.4 is 0 Å². The van der Waals surface area contributed by atoms with E-state index in [2.05, 4.69) is 38.9 Å². The lowest BCUT2D eigenvalue weighted by Crippen LogP contribution is -2.29. The summed E-state index contributed by atoms with van der Waals surface area (Å²) in [5.41, 5.74) is 0.437. The maximum atomic E-state index is 5.77. The zero-order chi connectivity index (χ0) is 10.1. The predicted molar refractivity (Wildman–Crippen MR) is 57.7 cm³/mol. The molecule has 1 atom stereocenters. The quantitative estimate of drug-likeness (QED) is 0.635. The van der Waals surface area contributed by atoms with Crippen molar-refractivity contribution in [3.63, 3.8) is 0 Å². The van der Waals surface area contributed by atoms with E-state index in [4.69, 9.17) is 4.53 Å². The van der Waals surface area contributed by atoms with Gasteiger partial charge in [0.05, 0.1) is 0 Å². The summed E-state index contributed by atoms with van der Waals surface area (Å²) in [6.45, 7) is 13.6. The molecule has 0 aliphatic carbocycles. The molecule has 3 heteroatoms. The highest BCUT2D eigenvalue weighted by molar-refractivity contribution is 6.48. The van der Waals surface area contributed by atoms with Gasteiger partial charge >= 0.3 is 0 Å². The summed E-state index contributed by atoms with van der Waals surface area (Å²) in [6.07, 6.45) is 1.29. The van der Waals surface area contributed by atoms with Crippen molar-refractivity contribution in [2.45, 2.75) is 40.3 Å². The average molecular weight is 200 g/mol. The van der Waals surface area contributed by atoms with Crippen LogP contribution in [0.2, 0.25) is 13.1 Å². The van der Waals surface area contributed by atoms with Crippen LogP contribution in [-0.2, 0) is 4.53 Å². The smallest absolute Gasteiger partial charge is 0.235 e. The number of hydroxylamine groups is 2. The van der Waals surface area contributed by atoms with E-state index in [1.54, 1.807) is 0 Å². The molecule has 0 amide bonds. The molecule has 1 radical (unpaired) electrons. The minimum absolute atomic E-state index is 0.437. The molecule has 0 aromatic rings. The van der Waals surface area contributed by atoms with Crippen molar-refractivity contribution >= 4 is 9.04 Å². The van der Waals surface area contributed by atoms with Gasteiger partial charge in [-0.25, -0.2) is 5.06 Å². The first kappa shape index (κ1) is 11.2. The fourth-order valence-corrected chi connectivity index (χ4v) is 2.46. The molecule has 2 nitrogen and oxygen atoms in total. The summed E-state index contributed by atoms with van der Waals surface area (Å²) in [5.74, 6) is 0.800. The molecule has 13 heavy (non-hydrogen) atoms. The molecule has 1 aliphatic heterocycles. The summed E-state index contributed by atoms with van der Waals surface area (Å²) >= 11 is 0. The molecular weight excluding hydrogens is 178 g/mol. The van der Waals surface area contributed by atoms with Crippen molar-refractivity contribution in [2.24, 2.45) is 11.3 Å². The third kappa shape index (κ3) is 3.41. The molecule has 1 heterocycles. The van der Waals surface area contributed by atoms with Gasteiger partial charge in [0.2, 0.25) is 9.04 Å². The maximum Gasteiger partial charge on any atom is 0.235 e. The lowest BCUT2D eigenvalue weighted by atomic mass is 9.80. The van der Waals surface area contributed by atoms with Crippen molar-refractivity contribution in [1.29, 1.82) is 0 Å². The van der Waals surface area contributed by atoms with Gasteiger partial charge in [-0.05, 0) is 30.8 Å². The Hall–Kier alpha value is 0.137. The third-order valence-corrected chi connectivity index (χ3v) is 3.31. The van der Waals surface area contributed by atoms with E-state index in [1.165, 1.54) is 6.42 Å². The average Bonchev–Trinajstić information content (AvgIpc) is 2.32. The van der Waals surface area contributed by atoms with Crippen molar-refractivity contribution in [3.05, 3.63) is 0 Å². The molecule has 0 saturated carbocycles. The second kappa shape index (κ2) is 4.11. The molecule has 0 N–H and O–H groups in total. The summed E-state index contributed by atoms with van der Waals surface area (Å²) in [5, 5.41) is 2.17. The van der Waals surface area contributed by atoms with Gasteiger partial charge in [0.15, 0.2) is 0 Å². The Bertz CT molecular complexity index is 165. The summed E-state index contributed by atoms with van der Waals surface area (Å²) in [7, 11) is -0.560. The molecule has 1 saturated heterocycles. The molecule has 1 unspecified atom stereocenters. The Morgan fingerprint density at radius 1 is 1.31 bits per heavy atom. The van der Waals surface area contributed by atoms with Gasteiger partial charge in [0, 0.05) is 13.1 Å². The van der Waals surface area contributed by atoms with E-state index in [0.29, 0.717) is 5.41 Å². The molecule has 1 rings (SSSR count). The maximum absolute atomic E-state index is 5.77. The van der Waals surface area contributed by atoms with Gasteiger partial charge in [-0.1, -0.05) is 20.8 Å². The molecule has 0 aromatic heterocycles. The number of hydrogen-bond acceptors (Lipinski definition) is 2. The minimum atomic E-state index is -0.560. The van der Waals surface area contributed by atoms with Crippen molar-refractivity contribution in [2.75, 3.05) is 13.1 Å². The second-order valence-electron chi connectivity index (χ2n) is 5.24. The zero-order valence-corrected chi connectivity index (χ0v) is 10.6. The van der Waals surface area contributed by atoms with Crippen LogP contribution in [0.3, 0.4) is 0 Å². The molecule has 77 valence electrons. The fraction of sp³-hybridized carbons (Fsp3) is 1.00. The van der Waals surface area contributed by atoms with Gasteiger partial charge in [-0.3, -0.25) is 0 Å².